The van der Waals surface area contributed by atoms with Crippen LogP contribution in [-0.2, 0) is 4.74 Å². The van der Waals surface area contributed by atoms with Gasteiger partial charge in [0.1, 0.15) is 0 Å². The first kappa shape index (κ1) is 19.7. The van der Waals surface area contributed by atoms with Crippen molar-refractivity contribution in [1.82, 2.24) is 0 Å². The van der Waals surface area contributed by atoms with E-state index >= 15 is 0 Å². The van der Waals surface area contributed by atoms with E-state index in [0.29, 0.717) is 6.61 Å². The van der Waals surface area contributed by atoms with Gasteiger partial charge in [0.2, 0.25) is 0 Å². The molecule has 0 rings (SSSR count). The van der Waals surface area contributed by atoms with Crippen LogP contribution in [0.5, 0.6) is 0 Å². The highest BCUT2D eigenvalue weighted by molar-refractivity contribution is 5.24. The first-order valence-electron chi connectivity index (χ1n) is 7.72. The van der Waals surface area contributed by atoms with Crippen molar-refractivity contribution in [2.24, 2.45) is 5.41 Å². The lowest BCUT2D eigenvalue weighted by molar-refractivity contribution is 0.0308. The number of hydrogen-bond acceptors (Lipinski definition) is 1. The molecule has 0 aromatic carbocycles. The summed E-state index contributed by atoms with van der Waals surface area (Å²) in [6, 6.07) is 0. The zero-order valence-electron chi connectivity index (χ0n) is 14.9. The smallest absolute Gasteiger partial charge is 0.0820 e. The Morgan fingerprint density at radius 1 is 1.14 bits per heavy atom. The van der Waals surface area contributed by atoms with E-state index in [4.69, 9.17) is 11.2 Å². The van der Waals surface area contributed by atoms with Crippen LogP contribution in [0.1, 0.15) is 61.3 Å². The summed E-state index contributed by atoms with van der Waals surface area (Å²) in [6.07, 6.45) is 14.2. The van der Waals surface area contributed by atoms with Gasteiger partial charge in [-0.05, 0) is 57.6 Å². The third kappa shape index (κ3) is 10.2. The molecule has 0 aliphatic carbocycles. The highest BCUT2D eigenvalue weighted by Crippen LogP contribution is 2.24. The van der Waals surface area contributed by atoms with Crippen LogP contribution in [-0.4, -0.2) is 12.7 Å². The SMILES string of the molecule is C#C/C(C)=C/C(OC/C=C(\C)CCC=C(C)C)C(C)(C)C. The Balaban J connectivity index is 4.50. The van der Waals surface area contributed by atoms with E-state index in [1.54, 1.807) is 0 Å². The number of rotatable bonds is 7. The second-order valence-corrected chi connectivity index (χ2v) is 6.98. The van der Waals surface area contributed by atoms with Gasteiger partial charge in [-0.15, -0.1) is 6.42 Å². The van der Waals surface area contributed by atoms with E-state index in [0.717, 1.165) is 18.4 Å². The Labute approximate surface area is 132 Å². The second-order valence-electron chi connectivity index (χ2n) is 6.98. The van der Waals surface area contributed by atoms with Gasteiger partial charge in [-0.3, -0.25) is 0 Å². The average Bonchev–Trinajstić information content (AvgIpc) is 2.35. The number of terminal acetylenes is 1. The topological polar surface area (TPSA) is 9.23 Å². The molecule has 0 heterocycles. The van der Waals surface area contributed by atoms with E-state index in [2.05, 4.69) is 59.6 Å². The van der Waals surface area contributed by atoms with Gasteiger partial charge in [-0.1, -0.05) is 50.0 Å². The van der Waals surface area contributed by atoms with Gasteiger partial charge in [0.25, 0.3) is 0 Å². The zero-order chi connectivity index (χ0) is 16.5. The summed E-state index contributed by atoms with van der Waals surface area (Å²) in [7, 11) is 0. The van der Waals surface area contributed by atoms with Crippen LogP contribution in [0.3, 0.4) is 0 Å². The molecule has 0 saturated carbocycles. The molecule has 1 atom stereocenters. The van der Waals surface area contributed by atoms with Crippen molar-refractivity contribution >= 4 is 0 Å². The normalized spacial score (nSPS) is 14.6. The van der Waals surface area contributed by atoms with Crippen molar-refractivity contribution in [3.05, 3.63) is 34.9 Å². The number of ether oxygens (including phenoxy) is 1. The molecule has 0 aliphatic heterocycles. The molecule has 0 bridgehead atoms. The first-order valence-corrected chi connectivity index (χ1v) is 7.72. The highest BCUT2D eigenvalue weighted by Gasteiger charge is 2.23. The number of hydrogen-bond donors (Lipinski definition) is 0. The third-order valence-electron chi connectivity index (χ3n) is 3.28. The Bertz CT molecular complexity index is 431. The Hall–Kier alpha value is -1.26. The van der Waals surface area contributed by atoms with Crippen molar-refractivity contribution in [3.63, 3.8) is 0 Å². The lowest BCUT2D eigenvalue weighted by atomic mass is 9.88. The molecule has 0 aromatic heterocycles. The fourth-order valence-corrected chi connectivity index (χ4v) is 1.81. The van der Waals surface area contributed by atoms with Gasteiger partial charge >= 0.3 is 0 Å². The summed E-state index contributed by atoms with van der Waals surface area (Å²) in [5, 5.41) is 0. The van der Waals surface area contributed by atoms with Crippen LogP contribution in [0, 0.1) is 17.8 Å². The fraction of sp³-hybridized carbons (Fsp3) is 0.600. The fourth-order valence-electron chi connectivity index (χ4n) is 1.81. The molecule has 0 aromatic rings. The lowest BCUT2D eigenvalue weighted by Gasteiger charge is -2.28. The predicted octanol–water partition coefficient (Wildman–Crippen LogP) is 5.69. The summed E-state index contributed by atoms with van der Waals surface area (Å²) in [5.74, 6) is 2.66. The van der Waals surface area contributed by atoms with E-state index in [1.165, 1.54) is 11.1 Å². The maximum atomic E-state index is 6.01. The second kappa shape index (κ2) is 9.64. The van der Waals surface area contributed by atoms with Gasteiger partial charge < -0.3 is 4.74 Å². The molecule has 0 N–H and O–H groups in total. The highest BCUT2D eigenvalue weighted by atomic mass is 16.5. The Morgan fingerprint density at radius 2 is 1.76 bits per heavy atom. The van der Waals surface area contributed by atoms with Gasteiger partial charge in [-0.2, -0.15) is 0 Å². The van der Waals surface area contributed by atoms with Crippen molar-refractivity contribution in [1.29, 1.82) is 0 Å². The molecule has 0 spiro atoms. The van der Waals surface area contributed by atoms with Crippen molar-refractivity contribution in [3.8, 4) is 12.3 Å². The van der Waals surface area contributed by atoms with E-state index in [9.17, 15) is 0 Å². The van der Waals surface area contributed by atoms with Crippen LogP contribution < -0.4 is 0 Å². The molecule has 118 valence electrons. The molecule has 0 radical (unpaired) electrons. The molecular weight excluding hydrogens is 256 g/mol. The van der Waals surface area contributed by atoms with Crippen molar-refractivity contribution in [2.75, 3.05) is 6.61 Å². The predicted molar refractivity (Wildman–Crippen MR) is 94.2 cm³/mol. The minimum absolute atomic E-state index is 0.0374. The van der Waals surface area contributed by atoms with Gasteiger partial charge in [0, 0.05) is 0 Å². The summed E-state index contributed by atoms with van der Waals surface area (Å²) >= 11 is 0. The molecule has 0 saturated heterocycles. The van der Waals surface area contributed by atoms with E-state index < -0.39 is 0 Å². The average molecular weight is 288 g/mol. The van der Waals surface area contributed by atoms with Crippen LogP contribution >= 0.6 is 0 Å². The van der Waals surface area contributed by atoms with Crippen molar-refractivity contribution < 1.29 is 4.74 Å². The van der Waals surface area contributed by atoms with E-state index in [-0.39, 0.29) is 11.5 Å². The van der Waals surface area contributed by atoms with Gasteiger partial charge in [0.15, 0.2) is 0 Å². The van der Waals surface area contributed by atoms with Crippen LogP contribution in [0.2, 0.25) is 0 Å². The third-order valence-corrected chi connectivity index (χ3v) is 3.28. The first-order chi connectivity index (χ1) is 9.66. The lowest BCUT2D eigenvalue weighted by Crippen LogP contribution is -2.27. The minimum Gasteiger partial charge on any atom is -0.370 e. The van der Waals surface area contributed by atoms with Crippen LogP contribution in [0.15, 0.2) is 34.9 Å². The molecule has 21 heavy (non-hydrogen) atoms. The molecule has 0 aliphatic rings. The minimum atomic E-state index is 0.0374. The van der Waals surface area contributed by atoms with E-state index in [1.807, 2.05) is 13.0 Å². The van der Waals surface area contributed by atoms with Crippen LogP contribution in [0.4, 0.5) is 0 Å². The summed E-state index contributed by atoms with van der Waals surface area (Å²) in [5.41, 5.74) is 3.72. The maximum Gasteiger partial charge on any atom is 0.0820 e. The summed E-state index contributed by atoms with van der Waals surface area (Å²) in [6.45, 7) is 15.5. The largest absolute Gasteiger partial charge is 0.370 e. The molecule has 0 amide bonds. The van der Waals surface area contributed by atoms with Crippen LogP contribution in [0.25, 0.3) is 0 Å². The quantitative estimate of drug-likeness (QED) is 0.432. The standard InChI is InChI=1S/C20H32O/c1-9-17(4)15-19(20(6,7)8)21-14-13-18(5)12-10-11-16(2)3/h1,11,13,15,19H,10,12,14H2,2-8H3/b17-15+,18-13+. The summed E-state index contributed by atoms with van der Waals surface area (Å²) < 4.78 is 6.01. The Morgan fingerprint density at radius 3 is 2.24 bits per heavy atom. The zero-order valence-corrected chi connectivity index (χ0v) is 14.9. The monoisotopic (exact) mass is 288 g/mol. The summed E-state index contributed by atoms with van der Waals surface area (Å²) in [4.78, 5) is 0. The molecule has 1 nitrogen and oxygen atoms in total. The van der Waals surface area contributed by atoms with Gasteiger partial charge in [-0.25, -0.2) is 0 Å². The molecule has 1 unspecified atom stereocenters. The van der Waals surface area contributed by atoms with Crippen molar-refractivity contribution in [2.45, 2.75) is 67.4 Å². The molecule has 1 heteroatoms. The Kier molecular flexibility index (Phi) is 9.06. The maximum absolute atomic E-state index is 6.01. The van der Waals surface area contributed by atoms with Gasteiger partial charge in [0.05, 0.1) is 12.7 Å². The molecular formula is C20H32O. The molecule has 0 fully saturated rings. The number of allylic oxidation sites excluding steroid dienone is 4.